The highest BCUT2D eigenvalue weighted by molar-refractivity contribution is 6.36. The van der Waals surface area contributed by atoms with Crippen molar-refractivity contribution in [3.05, 3.63) is 51.7 Å². The van der Waals surface area contributed by atoms with E-state index in [0.717, 1.165) is 5.01 Å². The van der Waals surface area contributed by atoms with Crippen LogP contribution in [0.15, 0.2) is 45.4 Å². The smallest absolute Gasteiger partial charge is 0.293 e. The largest absolute Gasteiger partial charge is 0.457 e. The van der Waals surface area contributed by atoms with Crippen LogP contribution < -0.4 is 5.01 Å². The Hall–Kier alpha value is -2.97. The normalized spacial score (nSPS) is 15.8. The molecule has 0 saturated carbocycles. The lowest BCUT2D eigenvalue weighted by molar-refractivity contribution is -0.114. The van der Waals surface area contributed by atoms with E-state index in [-0.39, 0.29) is 11.9 Å². The van der Waals surface area contributed by atoms with Gasteiger partial charge in [-0.15, -0.1) is 5.10 Å². The number of benzene rings is 1. The van der Waals surface area contributed by atoms with E-state index >= 15 is 0 Å². The van der Waals surface area contributed by atoms with Crippen molar-refractivity contribution in [2.24, 2.45) is 5.10 Å². The number of carbonyl (C=O) groups is 1. The molecule has 8 nitrogen and oxygen atoms in total. The van der Waals surface area contributed by atoms with E-state index in [1.54, 1.807) is 43.3 Å². The molecule has 4 rings (SSSR count). The lowest BCUT2D eigenvalue weighted by Crippen LogP contribution is -2.22. The molecule has 0 spiro atoms. The summed E-state index contributed by atoms with van der Waals surface area (Å²) < 4.78 is 5.80. The van der Waals surface area contributed by atoms with Crippen LogP contribution in [0, 0.1) is 0 Å². The molecular formula is C16H10Cl2N6O2. The number of hydrogen-bond donors (Lipinski definition) is 1. The molecular weight excluding hydrogens is 379 g/mol. The number of halogens is 2. The van der Waals surface area contributed by atoms with E-state index in [4.69, 9.17) is 27.6 Å². The molecule has 2 aromatic heterocycles. The van der Waals surface area contributed by atoms with Crippen molar-refractivity contribution in [3.8, 4) is 11.3 Å². The van der Waals surface area contributed by atoms with Crippen LogP contribution in [0.25, 0.3) is 17.4 Å². The van der Waals surface area contributed by atoms with Crippen LogP contribution in [0.1, 0.15) is 12.7 Å². The summed E-state index contributed by atoms with van der Waals surface area (Å²) in [6, 6.07) is 8.64. The average Bonchev–Trinajstić information content (AvgIpc) is 3.32. The maximum absolute atomic E-state index is 12.5. The van der Waals surface area contributed by atoms with Gasteiger partial charge in [0.1, 0.15) is 11.5 Å². The number of aromatic amines is 1. The Morgan fingerprint density at radius 3 is 2.81 bits per heavy atom. The van der Waals surface area contributed by atoms with Crippen molar-refractivity contribution in [3.63, 3.8) is 0 Å². The molecule has 1 aromatic carbocycles. The van der Waals surface area contributed by atoms with Crippen LogP contribution in [0.5, 0.6) is 0 Å². The molecule has 10 heteroatoms. The number of nitrogens with one attached hydrogen (secondary N) is 1. The molecule has 0 saturated heterocycles. The monoisotopic (exact) mass is 388 g/mol. The van der Waals surface area contributed by atoms with Gasteiger partial charge in [-0.3, -0.25) is 4.79 Å². The van der Waals surface area contributed by atoms with Crippen molar-refractivity contribution in [1.29, 1.82) is 0 Å². The second kappa shape index (κ2) is 6.40. The van der Waals surface area contributed by atoms with Crippen molar-refractivity contribution >= 4 is 46.8 Å². The molecule has 3 heterocycles. The number of nitrogens with zero attached hydrogens (tertiary/aromatic N) is 5. The SMILES string of the molecule is CC1=NN(c2nn[nH]n2)C(=O)C1=Cc1ccc(-c2ccc(Cl)cc2Cl)o1. The van der Waals surface area contributed by atoms with Crippen LogP contribution in [-0.4, -0.2) is 32.2 Å². The third kappa shape index (κ3) is 2.89. The van der Waals surface area contributed by atoms with E-state index in [2.05, 4.69) is 25.7 Å². The number of furan rings is 1. The zero-order chi connectivity index (χ0) is 18.3. The minimum atomic E-state index is -0.369. The highest BCUT2D eigenvalue weighted by Crippen LogP contribution is 2.32. The Balaban J connectivity index is 1.64. The quantitative estimate of drug-likeness (QED) is 0.691. The molecule has 0 radical (unpaired) electrons. The van der Waals surface area contributed by atoms with Gasteiger partial charge in [0.15, 0.2) is 0 Å². The number of amides is 1. The molecule has 1 aliphatic rings. The number of tetrazole rings is 1. The van der Waals surface area contributed by atoms with E-state index in [0.29, 0.717) is 38.4 Å². The Kier molecular flexibility index (Phi) is 4.06. The van der Waals surface area contributed by atoms with Gasteiger partial charge in [-0.05, 0) is 48.5 Å². The number of anilines is 1. The topological polar surface area (TPSA) is 100 Å². The minimum Gasteiger partial charge on any atom is -0.457 e. The van der Waals surface area contributed by atoms with Crippen LogP contribution in [0.2, 0.25) is 10.0 Å². The predicted octanol–water partition coefficient (Wildman–Crippen LogP) is 3.57. The van der Waals surface area contributed by atoms with Gasteiger partial charge in [0.2, 0.25) is 0 Å². The first kappa shape index (κ1) is 16.5. The fourth-order valence-electron chi connectivity index (χ4n) is 2.47. The van der Waals surface area contributed by atoms with Crippen molar-refractivity contribution in [2.45, 2.75) is 6.92 Å². The summed E-state index contributed by atoms with van der Waals surface area (Å²) in [6.45, 7) is 1.71. The lowest BCUT2D eigenvalue weighted by Gasteiger charge is -2.04. The number of aromatic nitrogens is 4. The molecule has 0 fully saturated rings. The van der Waals surface area contributed by atoms with Crippen LogP contribution in [0.4, 0.5) is 5.95 Å². The second-order valence-corrected chi connectivity index (χ2v) is 6.24. The molecule has 3 aromatic rings. The summed E-state index contributed by atoms with van der Waals surface area (Å²) in [4.78, 5) is 12.5. The minimum absolute atomic E-state index is 0.0748. The standard InChI is InChI=1S/C16H10Cl2N6O2/c1-8-12(15(25)24(21-8)16-19-22-23-20-16)7-10-3-5-14(26-10)11-4-2-9(17)6-13(11)18/h2-7H,1H3,(H,19,20,22,23). The second-order valence-electron chi connectivity index (χ2n) is 5.40. The summed E-state index contributed by atoms with van der Waals surface area (Å²) in [7, 11) is 0. The van der Waals surface area contributed by atoms with Gasteiger partial charge in [0.05, 0.1) is 16.3 Å². The van der Waals surface area contributed by atoms with E-state index in [9.17, 15) is 4.79 Å². The highest BCUT2D eigenvalue weighted by Gasteiger charge is 2.31. The zero-order valence-corrected chi connectivity index (χ0v) is 14.8. The summed E-state index contributed by atoms with van der Waals surface area (Å²) in [5.74, 6) is 0.754. The number of hydrazone groups is 1. The first-order valence-electron chi connectivity index (χ1n) is 7.43. The predicted molar refractivity (Wildman–Crippen MR) is 96.9 cm³/mol. The van der Waals surface area contributed by atoms with Gasteiger partial charge in [-0.1, -0.05) is 28.3 Å². The van der Waals surface area contributed by atoms with Crippen LogP contribution in [0.3, 0.4) is 0 Å². The highest BCUT2D eigenvalue weighted by atomic mass is 35.5. The lowest BCUT2D eigenvalue weighted by atomic mass is 10.1. The van der Waals surface area contributed by atoms with Gasteiger partial charge in [-0.25, -0.2) is 0 Å². The first-order chi connectivity index (χ1) is 12.5. The van der Waals surface area contributed by atoms with Gasteiger partial charge >= 0.3 is 0 Å². The number of rotatable bonds is 3. The van der Waals surface area contributed by atoms with Crippen molar-refractivity contribution < 1.29 is 9.21 Å². The van der Waals surface area contributed by atoms with Gasteiger partial charge < -0.3 is 4.42 Å². The molecule has 26 heavy (non-hydrogen) atoms. The third-order valence-electron chi connectivity index (χ3n) is 3.70. The number of carbonyl (C=O) groups excluding carboxylic acids is 1. The Labute approximate surface area is 157 Å². The number of H-pyrrole nitrogens is 1. The fraction of sp³-hybridized carbons (Fsp3) is 0.0625. The Morgan fingerprint density at radius 2 is 2.08 bits per heavy atom. The van der Waals surface area contributed by atoms with Gasteiger partial charge in [-0.2, -0.15) is 15.3 Å². The van der Waals surface area contributed by atoms with E-state index in [1.807, 2.05) is 0 Å². The van der Waals surface area contributed by atoms with Crippen LogP contribution >= 0.6 is 23.2 Å². The molecule has 1 aliphatic heterocycles. The summed E-state index contributed by atoms with van der Waals surface area (Å²) in [5.41, 5.74) is 1.59. The molecule has 0 aliphatic carbocycles. The molecule has 0 unspecified atom stereocenters. The van der Waals surface area contributed by atoms with Crippen molar-refractivity contribution in [2.75, 3.05) is 5.01 Å². The molecule has 0 atom stereocenters. The Bertz CT molecular complexity index is 1050. The first-order valence-corrected chi connectivity index (χ1v) is 8.19. The molecule has 1 N–H and O–H groups in total. The van der Waals surface area contributed by atoms with Gasteiger partial charge in [0, 0.05) is 10.6 Å². The summed E-state index contributed by atoms with van der Waals surface area (Å²) in [5, 5.41) is 19.5. The Morgan fingerprint density at radius 1 is 1.23 bits per heavy atom. The van der Waals surface area contributed by atoms with E-state index in [1.165, 1.54) is 0 Å². The number of hydrogen-bond acceptors (Lipinski definition) is 6. The summed E-state index contributed by atoms with van der Waals surface area (Å²) in [6.07, 6.45) is 1.61. The molecule has 1 amide bonds. The van der Waals surface area contributed by atoms with Gasteiger partial charge in [0.25, 0.3) is 11.9 Å². The maximum atomic E-state index is 12.5. The summed E-state index contributed by atoms with van der Waals surface area (Å²) >= 11 is 12.1. The average molecular weight is 389 g/mol. The van der Waals surface area contributed by atoms with Crippen LogP contribution in [-0.2, 0) is 4.79 Å². The third-order valence-corrected chi connectivity index (χ3v) is 4.24. The maximum Gasteiger partial charge on any atom is 0.293 e. The molecule has 130 valence electrons. The van der Waals surface area contributed by atoms with E-state index < -0.39 is 0 Å². The fourth-order valence-corrected chi connectivity index (χ4v) is 2.97. The van der Waals surface area contributed by atoms with Crippen molar-refractivity contribution in [1.82, 2.24) is 20.6 Å². The molecule has 0 bridgehead atoms. The zero-order valence-electron chi connectivity index (χ0n) is 13.3.